The molecule has 1 aromatic rings. The van der Waals surface area contributed by atoms with E-state index in [1.54, 1.807) is 6.07 Å². The van der Waals surface area contributed by atoms with Gasteiger partial charge in [0.25, 0.3) is 5.69 Å². The summed E-state index contributed by atoms with van der Waals surface area (Å²) in [4.78, 5) is 14.9. The molecule has 0 fully saturated rings. The van der Waals surface area contributed by atoms with Crippen LogP contribution in [0.15, 0.2) is 29.3 Å². The fourth-order valence-corrected chi connectivity index (χ4v) is 2.09. The van der Waals surface area contributed by atoms with Crippen LogP contribution in [0.4, 0.5) is 5.69 Å². The Morgan fingerprint density at radius 1 is 1.15 bits per heavy atom. The fraction of sp³-hybridized carbons (Fsp3) is 0.611. The van der Waals surface area contributed by atoms with E-state index < -0.39 is 4.92 Å². The van der Waals surface area contributed by atoms with Crippen molar-refractivity contribution in [1.29, 1.82) is 0 Å². The molecule has 8 heteroatoms. The molecule has 0 spiro atoms. The van der Waals surface area contributed by atoms with E-state index in [1.807, 2.05) is 13.0 Å². The molecule has 0 bridgehead atoms. The quantitative estimate of drug-likeness (QED) is 0.183. The van der Waals surface area contributed by atoms with Crippen LogP contribution in [0.25, 0.3) is 0 Å². The summed E-state index contributed by atoms with van der Waals surface area (Å²) in [6, 6.07) is 6.50. The Morgan fingerprint density at radius 2 is 1.92 bits per heavy atom. The van der Waals surface area contributed by atoms with Gasteiger partial charge >= 0.3 is 0 Å². The van der Waals surface area contributed by atoms with Gasteiger partial charge in [-0.1, -0.05) is 25.5 Å². The van der Waals surface area contributed by atoms with Gasteiger partial charge in [-0.15, -0.1) is 0 Å². The van der Waals surface area contributed by atoms with Gasteiger partial charge in [0.1, 0.15) is 0 Å². The van der Waals surface area contributed by atoms with Gasteiger partial charge in [-0.25, -0.2) is 4.99 Å². The first-order valence-electron chi connectivity index (χ1n) is 9.08. The van der Waals surface area contributed by atoms with Crippen molar-refractivity contribution in [2.24, 2.45) is 4.99 Å². The van der Waals surface area contributed by atoms with E-state index in [4.69, 9.17) is 9.47 Å². The van der Waals surface area contributed by atoms with E-state index in [1.165, 1.54) is 12.1 Å². The maximum atomic E-state index is 10.8. The number of non-ortho nitro benzene ring substituents is 1. The van der Waals surface area contributed by atoms with Crippen molar-refractivity contribution in [1.82, 2.24) is 10.6 Å². The summed E-state index contributed by atoms with van der Waals surface area (Å²) >= 11 is 0. The van der Waals surface area contributed by atoms with Crippen LogP contribution >= 0.6 is 0 Å². The van der Waals surface area contributed by atoms with Gasteiger partial charge in [-0.3, -0.25) is 10.1 Å². The largest absolute Gasteiger partial charge is 0.379 e. The van der Waals surface area contributed by atoms with Crippen molar-refractivity contribution in [2.45, 2.75) is 33.2 Å². The molecule has 0 aromatic heterocycles. The SMILES string of the molecule is CCCCOCCOCCNC(=NCc1cccc([N+](=O)[O-])c1)NCC. The van der Waals surface area contributed by atoms with Crippen molar-refractivity contribution < 1.29 is 14.4 Å². The standard InChI is InChI=1S/C18H30N4O4/c1-3-5-10-25-12-13-26-11-9-20-18(19-4-2)21-15-16-7-6-8-17(14-16)22(23)24/h6-8,14H,3-5,9-13,15H2,1-2H3,(H2,19,20,21). The molecule has 0 atom stereocenters. The van der Waals surface area contributed by atoms with Crippen molar-refractivity contribution in [2.75, 3.05) is 39.5 Å². The molecule has 0 amide bonds. The lowest BCUT2D eigenvalue weighted by atomic mass is 10.2. The molecule has 0 heterocycles. The van der Waals surface area contributed by atoms with Crippen LogP contribution in [0.5, 0.6) is 0 Å². The highest BCUT2D eigenvalue weighted by Gasteiger charge is 2.05. The van der Waals surface area contributed by atoms with Crippen LogP contribution in [0.3, 0.4) is 0 Å². The van der Waals surface area contributed by atoms with Gasteiger partial charge in [0.15, 0.2) is 5.96 Å². The second kappa shape index (κ2) is 14.0. The first-order chi connectivity index (χ1) is 12.7. The first-order valence-corrected chi connectivity index (χ1v) is 9.08. The van der Waals surface area contributed by atoms with Crippen LogP contribution in [0, 0.1) is 10.1 Å². The number of nitro groups is 1. The number of unbranched alkanes of at least 4 members (excludes halogenated alkanes) is 1. The van der Waals surface area contributed by atoms with Crippen LogP contribution < -0.4 is 10.6 Å². The highest BCUT2D eigenvalue weighted by molar-refractivity contribution is 5.79. The highest BCUT2D eigenvalue weighted by atomic mass is 16.6. The number of nitro benzene ring substituents is 1. The number of ether oxygens (including phenoxy) is 2. The number of rotatable bonds is 13. The number of aliphatic imine (C=N–C) groups is 1. The Labute approximate surface area is 155 Å². The summed E-state index contributed by atoms with van der Waals surface area (Å²) in [5, 5.41) is 17.1. The molecule has 0 saturated heterocycles. The molecule has 1 aromatic carbocycles. The lowest BCUT2D eigenvalue weighted by Gasteiger charge is -2.11. The zero-order valence-electron chi connectivity index (χ0n) is 15.7. The summed E-state index contributed by atoms with van der Waals surface area (Å²) in [6.07, 6.45) is 2.21. The average molecular weight is 366 g/mol. The van der Waals surface area contributed by atoms with Crippen LogP contribution in [-0.2, 0) is 16.0 Å². The smallest absolute Gasteiger partial charge is 0.269 e. The molecular weight excluding hydrogens is 336 g/mol. The van der Waals surface area contributed by atoms with Crippen molar-refractivity contribution in [3.05, 3.63) is 39.9 Å². The Morgan fingerprint density at radius 3 is 2.62 bits per heavy atom. The van der Waals surface area contributed by atoms with E-state index >= 15 is 0 Å². The molecule has 1 rings (SSSR count). The number of guanidine groups is 1. The summed E-state index contributed by atoms with van der Waals surface area (Å²) in [6.45, 7) is 8.35. The molecule has 0 unspecified atom stereocenters. The van der Waals surface area contributed by atoms with Gasteiger partial charge in [0.2, 0.25) is 0 Å². The maximum absolute atomic E-state index is 10.8. The van der Waals surface area contributed by atoms with Crippen LogP contribution in [0.1, 0.15) is 32.3 Å². The molecule has 0 radical (unpaired) electrons. The fourth-order valence-electron chi connectivity index (χ4n) is 2.09. The zero-order chi connectivity index (χ0) is 19.0. The summed E-state index contributed by atoms with van der Waals surface area (Å²) in [7, 11) is 0. The van der Waals surface area contributed by atoms with Gasteiger partial charge < -0.3 is 20.1 Å². The number of nitrogens with zero attached hydrogens (tertiary/aromatic N) is 2. The number of hydrogen-bond donors (Lipinski definition) is 2. The first kappa shape index (κ1) is 21.9. The van der Waals surface area contributed by atoms with E-state index in [9.17, 15) is 10.1 Å². The maximum Gasteiger partial charge on any atom is 0.269 e. The monoisotopic (exact) mass is 366 g/mol. The number of benzene rings is 1. The molecule has 0 aliphatic heterocycles. The van der Waals surface area contributed by atoms with E-state index in [2.05, 4.69) is 22.5 Å². The minimum Gasteiger partial charge on any atom is -0.379 e. The summed E-state index contributed by atoms with van der Waals surface area (Å²) in [5.41, 5.74) is 0.863. The predicted molar refractivity (Wildman–Crippen MR) is 102 cm³/mol. The molecule has 0 aliphatic carbocycles. The highest BCUT2D eigenvalue weighted by Crippen LogP contribution is 2.13. The van der Waals surface area contributed by atoms with E-state index in [0.717, 1.165) is 31.6 Å². The molecule has 2 N–H and O–H groups in total. The Kier molecular flexibility index (Phi) is 11.8. The van der Waals surface area contributed by atoms with Gasteiger partial charge in [-0.05, 0) is 18.9 Å². The Bertz CT molecular complexity index is 552. The van der Waals surface area contributed by atoms with Gasteiger partial charge in [0, 0.05) is 31.8 Å². The number of hydrogen-bond acceptors (Lipinski definition) is 5. The lowest BCUT2D eigenvalue weighted by Crippen LogP contribution is -2.39. The van der Waals surface area contributed by atoms with Crippen LogP contribution in [0.2, 0.25) is 0 Å². The second-order valence-electron chi connectivity index (χ2n) is 5.63. The Balaban J connectivity index is 2.31. The molecule has 8 nitrogen and oxygen atoms in total. The third kappa shape index (κ3) is 9.95. The summed E-state index contributed by atoms with van der Waals surface area (Å²) < 4.78 is 10.9. The Hall–Kier alpha value is -2.19. The van der Waals surface area contributed by atoms with E-state index in [-0.39, 0.29) is 5.69 Å². The van der Waals surface area contributed by atoms with E-state index in [0.29, 0.717) is 38.9 Å². The third-order valence-corrected chi connectivity index (χ3v) is 3.44. The zero-order valence-corrected chi connectivity index (χ0v) is 15.7. The van der Waals surface area contributed by atoms with Crippen LogP contribution in [-0.4, -0.2) is 50.4 Å². The average Bonchev–Trinajstić information content (AvgIpc) is 2.65. The topological polar surface area (TPSA) is 98.0 Å². The molecule has 26 heavy (non-hydrogen) atoms. The minimum absolute atomic E-state index is 0.0743. The molecule has 0 aliphatic rings. The van der Waals surface area contributed by atoms with Crippen molar-refractivity contribution in [3.63, 3.8) is 0 Å². The third-order valence-electron chi connectivity index (χ3n) is 3.44. The second-order valence-corrected chi connectivity index (χ2v) is 5.63. The molecular formula is C18H30N4O4. The van der Waals surface area contributed by atoms with Gasteiger partial charge in [-0.2, -0.15) is 0 Å². The predicted octanol–water partition coefficient (Wildman–Crippen LogP) is 2.48. The minimum atomic E-state index is -0.403. The number of nitrogens with one attached hydrogen (secondary N) is 2. The van der Waals surface area contributed by atoms with Crippen molar-refractivity contribution >= 4 is 11.6 Å². The lowest BCUT2D eigenvalue weighted by molar-refractivity contribution is -0.384. The molecule has 146 valence electrons. The van der Waals surface area contributed by atoms with Crippen molar-refractivity contribution in [3.8, 4) is 0 Å². The summed E-state index contributed by atoms with van der Waals surface area (Å²) in [5.74, 6) is 0.654. The van der Waals surface area contributed by atoms with Gasteiger partial charge in [0.05, 0.1) is 31.3 Å². The normalized spacial score (nSPS) is 11.4. The molecule has 0 saturated carbocycles.